The zero-order valence-electron chi connectivity index (χ0n) is 10.0. The lowest BCUT2D eigenvalue weighted by atomic mass is 10.1. The maximum Gasteiger partial charge on any atom is 0.0657 e. The molecule has 0 bridgehead atoms. The number of benzene rings is 1. The summed E-state index contributed by atoms with van der Waals surface area (Å²) in [5.74, 6) is 0. The van der Waals surface area contributed by atoms with Crippen molar-refractivity contribution in [2.24, 2.45) is 0 Å². The summed E-state index contributed by atoms with van der Waals surface area (Å²) in [6, 6.07) is 10.5. The van der Waals surface area contributed by atoms with Gasteiger partial charge in [0.05, 0.1) is 6.04 Å². The van der Waals surface area contributed by atoms with E-state index in [1.165, 1.54) is 11.1 Å². The molecule has 1 aromatic carbocycles. The predicted molar refractivity (Wildman–Crippen MR) is 73.3 cm³/mol. The predicted octanol–water partition coefficient (Wildman–Crippen LogP) is 2.63. The normalized spacial score (nSPS) is 19.2. The fraction of sp³-hybridized carbons (Fsp3) is 0.200. The molecule has 88 valence electrons. The summed E-state index contributed by atoms with van der Waals surface area (Å²) in [6.07, 6.45) is 1.73. The number of rotatable bonds is 4. The molecule has 1 N–H and O–H groups in total. The van der Waals surface area contributed by atoms with E-state index in [4.69, 9.17) is 0 Å². The van der Waals surface area contributed by atoms with E-state index in [0.29, 0.717) is 0 Å². The van der Waals surface area contributed by atoms with Gasteiger partial charge in [0.1, 0.15) is 0 Å². The van der Waals surface area contributed by atoms with Crippen LogP contribution >= 0.6 is 0 Å². The molecule has 17 heavy (non-hydrogen) atoms. The number of likely N-dealkylation sites (tertiary alicyclic amines) is 1. The van der Waals surface area contributed by atoms with E-state index in [0.717, 1.165) is 18.8 Å². The lowest BCUT2D eigenvalue weighted by molar-refractivity contribution is 0.476. The fourth-order valence-corrected chi connectivity index (χ4v) is 2.10. The maximum absolute atomic E-state index is 4.17. The van der Waals surface area contributed by atoms with Crippen LogP contribution in [0.4, 0.5) is 0 Å². The van der Waals surface area contributed by atoms with Crippen LogP contribution in [-0.4, -0.2) is 24.0 Å². The van der Waals surface area contributed by atoms with Gasteiger partial charge in [-0.25, -0.2) is 0 Å². The molecular formula is C15H18N2. The Hall–Kier alpha value is -1.96. The van der Waals surface area contributed by atoms with E-state index in [1.807, 2.05) is 18.2 Å². The molecule has 1 aliphatic rings. The van der Waals surface area contributed by atoms with E-state index in [2.05, 4.69) is 42.1 Å². The fourth-order valence-electron chi connectivity index (χ4n) is 2.10. The highest BCUT2D eigenvalue weighted by Crippen LogP contribution is 2.24. The molecule has 1 aliphatic heterocycles. The third kappa shape index (κ3) is 2.41. The second-order valence-electron chi connectivity index (χ2n) is 4.27. The summed E-state index contributed by atoms with van der Waals surface area (Å²) in [5.41, 5.74) is 3.40. The van der Waals surface area contributed by atoms with Gasteiger partial charge in [0.25, 0.3) is 0 Å². The first-order valence-corrected chi connectivity index (χ1v) is 5.76. The molecule has 1 fully saturated rings. The van der Waals surface area contributed by atoms with Gasteiger partial charge in [-0.1, -0.05) is 50.1 Å². The molecule has 1 atom stereocenters. The van der Waals surface area contributed by atoms with Crippen LogP contribution in [0, 0.1) is 0 Å². The summed E-state index contributed by atoms with van der Waals surface area (Å²) >= 11 is 0. The number of hydrogen-bond acceptors (Lipinski definition) is 2. The summed E-state index contributed by atoms with van der Waals surface area (Å²) in [7, 11) is 0. The van der Waals surface area contributed by atoms with Gasteiger partial charge in [-0.05, 0) is 17.3 Å². The summed E-state index contributed by atoms with van der Waals surface area (Å²) < 4.78 is 0. The van der Waals surface area contributed by atoms with Crippen LogP contribution in [0.3, 0.4) is 0 Å². The van der Waals surface area contributed by atoms with Gasteiger partial charge in [-0.3, -0.25) is 0 Å². The van der Waals surface area contributed by atoms with Crippen molar-refractivity contribution in [2.45, 2.75) is 6.04 Å². The van der Waals surface area contributed by atoms with Gasteiger partial charge >= 0.3 is 0 Å². The average molecular weight is 226 g/mol. The highest BCUT2D eigenvalue weighted by molar-refractivity contribution is 5.62. The molecular weight excluding hydrogens is 208 g/mol. The summed E-state index contributed by atoms with van der Waals surface area (Å²) in [5, 5.41) is 3.21. The molecule has 2 rings (SSSR count). The molecule has 0 saturated carbocycles. The second kappa shape index (κ2) is 4.91. The van der Waals surface area contributed by atoms with Crippen molar-refractivity contribution in [3.8, 4) is 0 Å². The molecule has 1 saturated heterocycles. The number of nitrogens with one attached hydrogen (secondary N) is 1. The van der Waals surface area contributed by atoms with Gasteiger partial charge in [0.15, 0.2) is 0 Å². The van der Waals surface area contributed by atoms with Crippen molar-refractivity contribution in [3.63, 3.8) is 0 Å². The van der Waals surface area contributed by atoms with Crippen LogP contribution < -0.4 is 5.32 Å². The number of hydrogen-bond donors (Lipinski definition) is 1. The number of nitrogens with zero attached hydrogens (tertiary/aromatic N) is 1. The van der Waals surface area contributed by atoms with E-state index in [9.17, 15) is 0 Å². The van der Waals surface area contributed by atoms with Gasteiger partial charge in [-0.15, -0.1) is 0 Å². The Labute approximate surface area is 103 Å². The van der Waals surface area contributed by atoms with Gasteiger partial charge in [0, 0.05) is 18.8 Å². The second-order valence-corrected chi connectivity index (χ2v) is 4.27. The Bertz CT molecular complexity index is 433. The van der Waals surface area contributed by atoms with E-state index in [1.54, 1.807) is 6.20 Å². The lowest BCUT2D eigenvalue weighted by Gasteiger charge is -2.21. The molecule has 0 amide bonds. The Kier molecular flexibility index (Phi) is 3.33. The minimum atomic E-state index is 0.285. The molecule has 0 aromatic heterocycles. The van der Waals surface area contributed by atoms with Gasteiger partial charge in [-0.2, -0.15) is 0 Å². The van der Waals surface area contributed by atoms with Crippen LogP contribution in [0.25, 0.3) is 5.70 Å². The maximum atomic E-state index is 4.17. The zero-order valence-corrected chi connectivity index (χ0v) is 10.0. The largest absolute Gasteiger partial charge is 0.383 e. The Balaban J connectivity index is 2.08. The van der Waals surface area contributed by atoms with Gasteiger partial charge < -0.3 is 10.2 Å². The first-order chi connectivity index (χ1) is 8.22. The van der Waals surface area contributed by atoms with Crippen molar-refractivity contribution in [3.05, 3.63) is 67.4 Å². The topological polar surface area (TPSA) is 15.3 Å². The van der Waals surface area contributed by atoms with Gasteiger partial charge in [0.2, 0.25) is 0 Å². The van der Waals surface area contributed by atoms with E-state index in [-0.39, 0.29) is 6.04 Å². The molecule has 2 nitrogen and oxygen atoms in total. The Morgan fingerprint density at radius 3 is 2.71 bits per heavy atom. The zero-order chi connectivity index (χ0) is 12.3. The SMILES string of the molecule is C=CNC1CN(C(=C)c2ccccc2)CC1=C. The average Bonchev–Trinajstić information content (AvgIpc) is 2.72. The Morgan fingerprint density at radius 1 is 1.35 bits per heavy atom. The monoisotopic (exact) mass is 226 g/mol. The summed E-state index contributed by atoms with van der Waals surface area (Å²) in [6.45, 7) is 13.7. The van der Waals surface area contributed by atoms with Crippen LogP contribution in [0.15, 0.2) is 61.8 Å². The van der Waals surface area contributed by atoms with Crippen molar-refractivity contribution in [2.75, 3.05) is 13.1 Å². The molecule has 0 aliphatic carbocycles. The molecule has 1 heterocycles. The van der Waals surface area contributed by atoms with E-state index >= 15 is 0 Å². The highest BCUT2D eigenvalue weighted by atomic mass is 15.2. The molecule has 0 spiro atoms. The molecule has 1 unspecified atom stereocenters. The van der Waals surface area contributed by atoms with Crippen molar-refractivity contribution in [1.82, 2.24) is 10.2 Å². The molecule has 1 aromatic rings. The standard InChI is InChI=1S/C15H18N2/c1-4-16-15-11-17(10-12(15)2)13(3)14-8-6-5-7-9-14/h4-9,15-16H,1-3,10-11H2. The third-order valence-corrected chi connectivity index (χ3v) is 3.10. The van der Waals surface area contributed by atoms with Crippen LogP contribution in [0.2, 0.25) is 0 Å². The third-order valence-electron chi connectivity index (χ3n) is 3.10. The Morgan fingerprint density at radius 2 is 2.06 bits per heavy atom. The highest BCUT2D eigenvalue weighted by Gasteiger charge is 2.25. The van der Waals surface area contributed by atoms with Crippen LogP contribution in [0.1, 0.15) is 5.56 Å². The minimum Gasteiger partial charge on any atom is -0.383 e. The first kappa shape index (κ1) is 11.5. The van der Waals surface area contributed by atoms with Crippen LogP contribution in [0.5, 0.6) is 0 Å². The van der Waals surface area contributed by atoms with Crippen molar-refractivity contribution in [1.29, 1.82) is 0 Å². The smallest absolute Gasteiger partial charge is 0.0657 e. The summed E-state index contributed by atoms with van der Waals surface area (Å²) in [4.78, 5) is 2.25. The molecule has 0 radical (unpaired) electrons. The first-order valence-electron chi connectivity index (χ1n) is 5.76. The lowest BCUT2D eigenvalue weighted by Crippen LogP contribution is -2.28. The van der Waals surface area contributed by atoms with Crippen LogP contribution in [-0.2, 0) is 0 Å². The van der Waals surface area contributed by atoms with Crippen molar-refractivity contribution >= 4 is 5.70 Å². The van der Waals surface area contributed by atoms with Crippen molar-refractivity contribution < 1.29 is 0 Å². The minimum absolute atomic E-state index is 0.285. The molecule has 2 heteroatoms. The quantitative estimate of drug-likeness (QED) is 0.794. The van der Waals surface area contributed by atoms with E-state index < -0.39 is 0 Å².